The standard InChI is InChI=1S/C11H10O6S/c12-10(11(13)14)8-3-1-2-4-9(8)18(15,16)7-5-17-6-7/h1-4,7H,5-6H2,(H,13,14). The van der Waals surface area contributed by atoms with Crippen LogP contribution in [0.3, 0.4) is 0 Å². The molecule has 1 aliphatic heterocycles. The average Bonchev–Trinajstić information content (AvgIpc) is 2.25. The SMILES string of the molecule is O=C(O)C(=O)c1ccccc1S(=O)(=O)C1COC1. The minimum atomic E-state index is -3.72. The van der Waals surface area contributed by atoms with E-state index in [-0.39, 0.29) is 23.7 Å². The van der Waals surface area contributed by atoms with Crippen LogP contribution in [0, 0.1) is 0 Å². The van der Waals surface area contributed by atoms with Gasteiger partial charge in [0.25, 0.3) is 5.78 Å². The normalized spacial score (nSPS) is 16.0. The van der Waals surface area contributed by atoms with Crippen molar-refractivity contribution in [2.75, 3.05) is 13.2 Å². The Morgan fingerprint density at radius 1 is 1.22 bits per heavy atom. The Hall–Kier alpha value is -1.73. The van der Waals surface area contributed by atoms with E-state index in [9.17, 15) is 18.0 Å². The first-order chi connectivity index (χ1) is 8.44. The van der Waals surface area contributed by atoms with Crippen LogP contribution in [0.1, 0.15) is 10.4 Å². The van der Waals surface area contributed by atoms with Crippen molar-refractivity contribution in [3.05, 3.63) is 29.8 Å². The molecule has 0 atom stereocenters. The first-order valence-electron chi connectivity index (χ1n) is 5.13. The third kappa shape index (κ3) is 2.02. The van der Waals surface area contributed by atoms with Crippen LogP contribution in [0.25, 0.3) is 0 Å². The van der Waals surface area contributed by atoms with Crippen LogP contribution in [0.5, 0.6) is 0 Å². The molecule has 1 heterocycles. The first-order valence-corrected chi connectivity index (χ1v) is 6.67. The van der Waals surface area contributed by atoms with Gasteiger partial charge in [0.1, 0.15) is 5.25 Å². The minimum Gasteiger partial charge on any atom is -0.475 e. The highest BCUT2D eigenvalue weighted by molar-refractivity contribution is 7.92. The number of carboxylic acid groups (broad SMARTS) is 1. The molecular weight excluding hydrogens is 260 g/mol. The summed E-state index contributed by atoms with van der Waals surface area (Å²) < 4.78 is 29.1. The van der Waals surface area contributed by atoms with Gasteiger partial charge in [0.2, 0.25) is 0 Å². The molecule has 0 radical (unpaired) electrons. The lowest BCUT2D eigenvalue weighted by Crippen LogP contribution is -2.41. The number of ether oxygens (including phenoxy) is 1. The lowest BCUT2D eigenvalue weighted by atomic mass is 10.1. The fraction of sp³-hybridized carbons (Fsp3) is 0.273. The van der Waals surface area contributed by atoms with E-state index >= 15 is 0 Å². The van der Waals surface area contributed by atoms with Gasteiger partial charge in [-0.15, -0.1) is 0 Å². The summed E-state index contributed by atoms with van der Waals surface area (Å²) in [7, 11) is -3.72. The van der Waals surface area contributed by atoms with Crippen LogP contribution in [-0.2, 0) is 19.4 Å². The molecule has 0 saturated carbocycles. The predicted molar refractivity (Wildman–Crippen MR) is 60.2 cm³/mol. The van der Waals surface area contributed by atoms with Crippen molar-refractivity contribution in [1.82, 2.24) is 0 Å². The van der Waals surface area contributed by atoms with E-state index in [1.165, 1.54) is 24.3 Å². The topological polar surface area (TPSA) is 97.7 Å². The highest BCUT2D eigenvalue weighted by Gasteiger charge is 2.36. The number of Topliss-reactive ketones (excluding diaryl/α,β-unsaturated/α-hetero) is 1. The largest absolute Gasteiger partial charge is 0.475 e. The second-order valence-corrected chi connectivity index (χ2v) is 6.03. The third-order valence-corrected chi connectivity index (χ3v) is 4.80. The third-order valence-electron chi connectivity index (χ3n) is 2.68. The highest BCUT2D eigenvalue weighted by atomic mass is 32.2. The molecule has 1 aromatic rings. The van der Waals surface area contributed by atoms with Gasteiger partial charge >= 0.3 is 5.97 Å². The smallest absolute Gasteiger partial charge is 0.377 e. The zero-order valence-corrected chi connectivity index (χ0v) is 10.0. The summed E-state index contributed by atoms with van der Waals surface area (Å²) in [6, 6.07) is 5.31. The van der Waals surface area contributed by atoms with Crippen LogP contribution >= 0.6 is 0 Å². The Labute approximate surface area is 103 Å². The maximum absolute atomic E-state index is 12.1. The number of carbonyl (C=O) groups excluding carboxylic acids is 1. The Bertz CT molecular complexity index is 600. The van der Waals surface area contributed by atoms with Crippen LogP contribution in [0.2, 0.25) is 0 Å². The van der Waals surface area contributed by atoms with Gasteiger partial charge in [0, 0.05) is 5.56 Å². The van der Waals surface area contributed by atoms with Crippen molar-refractivity contribution in [1.29, 1.82) is 0 Å². The molecular formula is C11H10O6S. The molecule has 6 nitrogen and oxygen atoms in total. The molecule has 7 heteroatoms. The lowest BCUT2D eigenvalue weighted by Gasteiger charge is -2.26. The fourth-order valence-electron chi connectivity index (χ4n) is 1.59. The zero-order chi connectivity index (χ0) is 13.3. The van der Waals surface area contributed by atoms with E-state index in [0.717, 1.165) is 0 Å². The van der Waals surface area contributed by atoms with E-state index < -0.39 is 26.8 Å². The number of sulfone groups is 1. The maximum atomic E-state index is 12.1. The van der Waals surface area contributed by atoms with Crippen molar-refractivity contribution in [3.63, 3.8) is 0 Å². The van der Waals surface area contributed by atoms with Crippen molar-refractivity contribution in [2.24, 2.45) is 0 Å². The maximum Gasteiger partial charge on any atom is 0.377 e. The van der Waals surface area contributed by atoms with Crippen molar-refractivity contribution in [2.45, 2.75) is 10.1 Å². The molecule has 0 aliphatic carbocycles. The first kappa shape index (κ1) is 12.7. The van der Waals surface area contributed by atoms with E-state index in [2.05, 4.69) is 0 Å². The fourth-order valence-corrected chi connectivity index (χ4v) is 3.24. The van der Waals surface area contributed by atoms with E-state index in [1.807, 2.05) is 0 Å². The average molecular weight is 270 g/mol. The Morgan fingerprint density at radius 2 is 1.83 bits per heavy atom. The van der Waals surface area contributed by atoms with Gasteiger partial charge in [-0.3, -0.25) is 4.79 Å². The van der Waals surface area contributed by atoms with E-state index in [0.29, 0.717) is 0 Å². The quantitative estimate of drug-likeness (QED) is 0.616. The number of rotatable bonds is 4. The van der Waals surface area contributed by atoms with Gasteiger partial charge in [-0.1, -0.05) is 12.1 Å². The Kier molecular flexibility index (Phi) is 3.18. The number of aliphatic carboxylic acids is 1. The van der Waals surface area contributed by atoms with E-state index in [1.54, 1.807) is 0 Å². The minimum absolute atomic E-state index is 0.0674. The molecule has 2 rings (SSSR count). The number of benzene rings is 1. The van der Waals surface area contributed by atoms with Gasteiger partial charge in [-0.05, 0) is 12.1 Å². The number of hydrogen-bond donors (Lipinski definition) is 1. The molecule has 0 bridgehead atoms. The summed E-state index contributed by atoms with van der Waals surface area (Å²) in [4.78, 5) is 21.9. The summed E-state index contributed by atoms with van der Waals surface area (Å²) in [5.74, 6) is -2.91. The van der Waals surface area contributed by atoms with Gasteiger partial charge in [-0.25, -0.2) is 13.2 Å². The summed E-state index contributed by atoms with van der Waals surface area (Å²) in [5.41, 5.74) is -0.308. The highest BCUT2D eigenvalue weighted by Crippen LogP contribution is 2.24. The van der Waals surface area contributed by atoms with Crippen LogP contribution in [0.4, 0.5) is 0 Å². The molecule has 0 amide bonds. The Morgan fingerprint density at radius 3 is 2.33 bits per heavy atom. The second-order valence-electron chi connectivity index (χ2n) is 3.83. The number of ketones is 1. The predicted octanol–water partition coefficient (Wildman–Crippen LogP) is 0.126. The molecule has 1 N–H and O–H groups in total. The molecule has 0 spiro atoms. The second kappa shape index (κ2) is 4.51. The molecule has 1 aliphatic rings. The number of carboxylic acids is 1. The molecule has 1 fully saturated rings. The monoisotopic (exact) mass is 270 g/mol. The summed E-state index contributed by atoms with van der Waals surface area (Å²) in [6.07, 6.45) is 0. The summed E-state index contributed by atoms with van der Waals surface area (Å²) in [5, 5.41) is 7.96. The Balaban J connectivity index is 2.51. The van der Waals surface area contributed by atoms with Crippen molar-refractivity contribution in [3.8, 4) is 0 Å². The van der Waals surface area contributed by atoms with E-state index in [4.69, 9.17) is 9.84 Å². The van der Waals surface area contributed by atoms with Gasteiger partial charge in [0.15, 0.2) is 9.84 Å². The van der Waals surface area contributed by atoms with Gasteiger partial charge < -0.3 is 9.84 Å². The van der Waals surface area contributed by atoms with Gasteiger partial charge in [-0.2, -0.15) is 0 Å². The molecule has 1 saturated heterocycles. The van der Waals surface area contributed by atoms with Crippen LogP contribution in [0.15, 0.2) is 29.2 Å². The van der Waals surface area contributed by atoms with Crippen molar-refractivity contribution < 1.29 is 27.9 Å². The van der Waals surface area contributed by atoms with Gasteiger partial charge in [0.05, 0.1) is 18.1 Å². The molecule has 96 valence electrons. The molecule has 18 heavy (non-hydrogen) atoms. The van der Waals surface area contributed by atoms with Crippen LogP contribution < -0.4 is 0 Å². The lowest BCUT2D eigenvalue weighted by molar-refractivity contribution is -0.131. The van der Waals surface area contributed by atoms with Crippen LogP contribution in [-0.4, -0.2) is 43.7 Å². The molecule has 0 unspecified atom stereocenters. The number of hydrogen-bond acceptors (Lipinski definition) is 5. The summed E-state index contributed by atoms with van der Waals surface area (Å²) >= 11 is 0. The summed E-state index contributed by atoms with van der Waals surface area (Å²) in [6.45, 7) is 0.135. The molecule has 1 aromatic carbocycles. The zero-order valence-electron chi connectivity index (χ0n) is 9.20. The van der Waals surface area contributed by atoms with Crippen molar-refractivity contribution >= 4 is 21.6 Å². The number of carbonyl (C=O) groups is 2. The molecule has 0 aromatic heterocycles.